The van der Waals surface area contributed by atoms with Crippen LogP contribution in [0, 0.1) is 0 Å². The van der Waals surface area contributed by atoms with Crippen LogP contribution in [0.25, 0.3) is 16.6 Å². The van der Waals surface area contributed by atoms with Gasteiger partial charge in [0, 0.05) is 24.7 Å². The fourth-order valence-corrected chi connectivity index (χ4v) is 2.60. The lowest BCUT2D eigenvalue weighted by molar-refractivity contribution is -0.113. The molecule has 24 heavy (non-hydrogen) atoms. The number of aromatic nitrogens is 3. The van der Waals surface area contributed by atoms with Crippen molar-refractivity contribution in [1.29, 1.82) is 0 Å². The Kier molecular flexibility index (Phi) is 6.16. The van der Waals surface area contributed by atoms with E-state index in [9.17, 15) is 4.79 Å². The number of hydrogen-bond donors (Lipinski definition) is 3. The lowest BCUT2D eigenvalue weighted by atomic mass is 10.1. The van der Waals surface area contributed by atoms with Crippen LogP contribution in [-0.4, -0.2) is 38.4 Å². The van der Waals surface area contributed by atoms with E-state index in [4.69, 9.17) is 4.55 Å². The summed E-state index contributed by atoms with van der Waals surface area (Å²) in [6.45, 7) is 9.43. The molecule has 0 saturated carbocycles. The molecular weight excluding hydrogens is 324 g/mol. The van der Waals surface area contributed by atoms with Gasteiger partial charge in [0.1, 0.15) is 11.6 Å². The number of thiol groups is 1. The molecule has 0 atom stereocenters. The number of allylic oxidation sites excluding steroid dienone is 3. The van der Waals surface area contributed by atoms with E-state index in [0.717, 1.165) is 29.9 Å². The fourth-order valence-electron chi connectivity index (χ4n) is 2.60. The number of ketones is 1. The van der Waals surface area contributed by atoms with E-state index in [1.165, 1.54) is 12.8 Å². The van der Waals surface area contributed by atoms with Gasteiger partial charge >= 0.3 is 0 Å². The molecule has 3 heterocycles. The van der Waals surface area contributed by atoms with E-state index in [1.54, 1.807) is 19.9 Å². The maximum absolute atomic E-state index is 11.3. The molecule has 0 aliphatic carbocycles. The molecule has 0 spiro atoms. The quantitative estimate of drug-likeness (QED) is 0.342. The first-order valence-electron chi connectivity index (χ1n) is 7.74. The van der Waals surface area contributed by atoms with Crippen LogP contribution in [-0.2, 0) is 4.79 Å². The summed E-state index contributed by atoms with van der Waals surface area (Å²) in [6.07, 6.45) is 6.01. The Morgan fingerprint density at radius 3 is 2.67 bits per heavy atom. The molecule has 128 valence electrons. The highest BCUT2D eigenvalue weighted by molar-refractivity contribution is 7.74. The highest BCUT2D eigenvalue weighted by Crippen LogP contribution is 2.23. The summed E-state index contributed by atoms with van der Waals surface area (Å²) in [5, 5.41) is 0. The summed E-state index contributed by atoms with van der Waals surface area (Å²) in [5.74, 6) is 1.69. The van der Waals surface area contributed by atoms with Crippen LogP contribution in [0.5, 0.6) is 0 Å². The Morgan fingerprint density at radius 1 is 1.38 bits per heavy atom. The van der Waals surface area contributed by atoms with Gasteiger partial charge in [-0.15, -0.1) is 0 Å². The second-order valence-electron chi connectivity index (χ2n) is 5.75. The van der Waals surface area contributed by atoms with Gasteiger partial charge in [-0.25, -0.2) is 9.97 Å². The predicted octanol–water partition coefficient (Wildman–Crippen LogP) is 3.50. The average molecular weight is 346 g/mol. The van der Waals surface area contributed by atoms with E-state index in [2.05, 4.69) is 39.3 Å². The number of aromatic amines is 1. The number of fused-ring (bicyclic) bond motifs is 1. The van der Waals surface area contributed by atoms with Gasteiger partial charge in [0.15, 0.2) is 5.78 Å². The molecule has 1 saturated heterocycles. The van der Waals surface area contributed by atoms with Crippen molar-refractivity contribution in [3.8, 4) is 0 Å². The standard InChI is InChI=1S/C17H20N4O.H2OS/c1-11(13(3)22)8-12(2)17-19-14-9-16(18-10-15(14)20-17)21-6-4-5-7-21;1-2/h8-10H,2,4-7H2,1,3H3,(H,19,20);1-2H/b11-8+;. The van der Waals surface area contributed by atoms with Crippen molar-refractivity contribution < 1.29 is 9.35 Å². The number of carbonyl (C=O) groups excluding carboxylic acids is 1. The van der Waals surface area contributed by atoms with Crippen molar-refractivity contribution in [3.05, 3.63) is 36.3 Å². The summed E-state index contributed by atoms with van der Waals surface area (Å²) in [7, 11) is 0. The van der Waals surface area contributed by atoms with Crippen molar-refractivity contribution in [2.75, 3.05) is 18.0 Å². The van der Waals surface area contributed by atoms with Crippen molar-refractivity contribution in [2.45, 2.75) is 26.7 Å². The molecule has 2 aromatic rings. The molecule has 0 aromatic carbocycles. The predicted molar refractivity (Wildman–Crippen MR) is 100 cm³/mol. The van der Waals surface area contributed by atoms with Crippen molar-refractivity contribution in [1.82, 2.24) is 15.0 Å². The molecule has 2 N–H and O–H groups in total. The molecule has 0 amide bonds. The molecule has 2 aromatic heterocycles. The number of Topliss-reactive ketones (excluding diaryl/α,β-unsaturated/α-hetero) is 1. The minimum atomic E-state index is 0.0373. The van der Waals surface area contributed by atoms with Crippen LogP contribution in [0.4, 0.5) is 5.82 Å². The van der Waals surface area contributed by atoms with Crippen molar-refractivity contribution >= 4 is 41.1 Å². The molecule has 0 unspecified atom stereocenters. The number of anilines is 1. The van der Waals surface area contributed by atoms with Gasteiger partial charge in [-0.3, -0.25) is 4.79 Å². The minimum Gasteiger partial charge on any atom is -0.357 e. The van der Waals surface area contributed by atoms with Gasteiger partial charge in [-0.2, -0.15) is 0 Å². The van der Waals surface area contributed by atoms with Crippen LogP contribution in [0.15, 0.2) is 30.5 Å². The number of rotatable bonds is 4. The highest BCUT2D eigenvalue weighted by Gasteiger charge is 2.15. The number of pyridine rings is 1. The maximum atomic E-state index is 11.3. The highest BCUT2D eigenvalue weighted by atomic mass is 32.1. The molecule has 1 aliphatic heterocycles. The second-order valence-corrected chi connectivity index (χ2v) is 5.75. The Bertz CT molecular complexity index is 776. The number of H-pyrrole nitrogens is 1. The largest absolute Gasteiger partial charge is 0.357 e. The summed E-state index contributed by atoms with van der Waals surface area (Å²) < 4.78 is 6.69. The Balaban J connectivity index is 0.00000100. The molecule has 3 rings (SSSR count). The smallest absolute Gasteiger partial charge is 0.155 e. The first kappa shape index (κ1) is 18.2. The van der Waals surface area contributed by atoms with Gasteiger partial charge in [0.05, 0.1) is 17.2 Å². The summed E-state index contributed by atoms with van der Waals surface area (Å²) in [5.41, 5.74) is 3.13. The van der Waals surface area contributed by atoms with Gasteiger partial charge in [0.25, 0.3) is 0 Å². The lowest BCUT2D eigenvalue weighted by Crippen LogP contribution is -2.18. The van der Waals surface area contributed by atoms with Crippen LogP contribution in [0.1, 0.15) is 32.5 Å². The van der Waals surface area contributed by atoms with Crippen LogP contribution >= 0.6 is 12.9 Å². The first-order chi connectivity index (χ1) is 11.5. The minimum absolute atomic E-state index is 0.0373. The number of hydrogen-bond acceptors (Lipinski definition) is 6. The number of imidazole rings is 1. The Morgan fingerprint density at radius 2 is 2.04 bits per heavy atom. The molecule has 1 fully saturated rings. The Labute approximate surface area is 146 Å². The molecular formula is C17H22N4O2S. The van der Waals surface area contributed by atoms with E-state index in [1.807, 2.05) is 12.3 Å². The van der Waals surface area contributed by atoms with E-state index in [0.29, 0.717) is 17.0 Å². The number of carbonyl (C=O) groups is 1. The Hall–Kier alpha value is -2.12. The fraction of sp³-hybridized carbons (Fsp3) is 0.353. The van der Waals surface area contributed by atoms with E-state index >= 15 is 0 Å². The first-order valence-corrected chi connectivity index (χ1v) is 8.14. The monoisotopic (exact) mass is 346 g/mol. The molecule has 0 bridgehead atoms. The van der Waals surface area contributed by atoms with Crippen LogP contribution in [0.2, 0.25) is 0 Å². The van der Waals surface area contributed by atoms with Crippen molar-refractivity contribution in [2.24, 2.45) is 0 Å². The van der Waals surface area contributed by atoms with Crippen LogP contribution in [0.3, 0.4) is 0 Å². The average Bonchev–Trinajstić information content (AvgIpc) is 3.25. The molecule has 0 radical (unpaired) electrons. The van der Waals surface area contributed by atoms with Gasteiger partial charge < -0.3 is 14.4 Å². The normalized spacial score (nSPS) is 14.5. The number of nitrogens with zero attached hydrogens (tertiary/aromatic N) is 3. The molecule has 1 aliphatic rings. The second kappa shape index (κ2) is 8.12. The number of nitrogens with one attached hydrogen (secondary N) is 1. The third kappa shape index (κ3) is 4.04. The third-order valence-corrected chi connectivity index (χ3v) is 4.03. The summed E-state index contributed by atoms with van der Waals surface area (Å²) in [4.78, 5) is 25.9. The van der Waals surface area contributed by atoms with Crippen LogP contribution < -0.4 is 4.90 Å². The zero-order valence-electron chi connectivity index (χ0n) is 13.9. The zero-order valence-corrected chi connectivity index (χ0v) is 14.8. The third-order valence-electron chi connectivity index (χ3n) is 4.03. The molecule has 7 heteroatoms. The van der Waals surface area contributed by atoms with Gasteiger partial charge in [-0.1, -0.05) is 6.58 Å². The van der Waals surface area contributed by atoms with Crippen molar-refractivity contribution in [3.63, 3.8) is 0 Å². The maximum Gasteiger partial charge on any atom is 0.155 e. The topological polar surface area (TPSA) is 82.1 Å². The van der Waals surface area contributed by atoms with E-state index in [-0.39, 0.29) is 5.78 Å². The van der Waals surface area contributed by atoms with Gasteiger partial charge in [-0.05, 0) is 51.2 Å². The molecule has 6 nitrogen and oxygen atoms in total. The zero-order chi connectivity index (χ0) is 17.7. The lowest BCUT2D eigenvalue weighted by Gasteiger charge is -2.15. The van der Waals surface area contributed by atoms with E-state index < -0.39 is 0 Å². The summed E-state index contributed by atoms with van der Waals surface area (Å²) >= 11 is 2.53. The summed E-state index contributed by atoms with van der Waals surface area (Å²) in [6, 6.07) is 2.01. The van der Waals surface area contributed by atoms with Gasteiger partial charge in [0.2, 0.25) is 0 Å². The SMILES string of the molecule is C=C(/C=C(\C)C(C)=O)c1nc2cc(N3CCCC3)ncc2[nH]1.OS.